The van der Waals surface area contributed by atoms with Crippen LogP contribution < -0.4 is 10.6 Å². The lowest BCUT2D eigenvalue weighted by Gasteiger charge is -2.33. The van der Waals surface area contributed by atoms with E-state index < -0.39 is 12.1 Å². The summed E-state index contributed by atoms with van der Waals surface area (Å²) in [6.45, 7) is 1.89. The van der Waals surface area contributed by atoms with Crippen molar-refractivity contribution in [2.24, 2.45) is 5.92 Å². The number of hydrogen-bond donors (Lipinski definition) is 2. The molecule has 26 heavy (non-hydrogen) atoms. The summed E-state index contributed by atoms with van der Waals surface area (Å²) >= 11 is 5.87. The molecule has 0 unspecified atom stereocenters. The van der Waals surface area contributed by atoms with Crippen molar-refractivity contribution in [2.45, 2.75) is 51.1 Å². The number of urea groups is 1. The van der Waals surface area contributed by atoms with Crippen LogP contribution in [0.2, 0.25) is 5.02 Å². The highest BCUT2D eigenvalue weighted by Crippen LogP contribution is 2.25. The van der Waals surface area contributed by atoms with E-state index in [2.05, 4.69) is 17.6 Å². The van der Waals surface area contributed by atoms with Gasteiger partial charge in [0.1, 0.15) is 6.54 Å². The van der Waals surface area contributed by atoms with Gasteiger partial charge >= 0.3 is 6.03 Å². The third kappa shape index (κ3) is 4.36. The van der Waals surface area contributed by atoms with Crippen LogP contribution in [0.15, 0.2) is 24.3 Å². The number of carbonyl (C=O) groups excluding carboxylic acids is 3. The summed E-state index contributed by atoms with van der Waals surface area (Å²) < 4.78 is 0. The number of imide groups is 1. The van der Waals surface area contributed by atoms with Crippen molar-refractivity contribution in [3.05, 3.63) is 34.9 Å². The second-order valence-electron chi connectivity index (χ2n) is 7.17. The average Bonchev–Trinajstić information content (AvgIpc) is 2.60. The van der Waals surface area contributed by atoms with Crippen LogP contribution in [0.3, 0.4) is 0 Å². The van der Waals surface area contributed by atoms with Crippen LogP contribution >= 0.6 is 11.6 Å². The summed E-state index contributed by atoms with van der Waals surface area (Å²) in [6.07, 6.45) is 4.46. The first-order chi connectivity index (χ1) is 12.4. The summed E-state index contributed by atoms with van der Waals surface area (Å²) in [6, 6.07) is 6.21. The van der Waals surface area contributed by atoms with E-state index in [0.717, 1.165) is 29.7 Å². The molecular formula is C19H24ClN3O3. The molecule has 6 nitrogen and oxygen atoms in total. The number of carbonyl (C=O) groups is 3. The smallest absolute Gasteiger partial charge is 0.325 e. The Hall–Kier alpha value is -2.08. The highest BCUT2D eigenvalue weighted by atomic mass is 35.5. The van der Waals surface area contributed by atoms with Gasteiger partial charge in [-0.2, -0.15) is 0 Å². The summed E-state index contributed by atoms with van der Waals surface area (Å²) in [5.41, 5.74) is 0.816. The minimum atomic E-state index is -0.534. The Balaban J connectivity index is 1.58. The Morgan fingerprint density at radius 2 is 1.92 bits per heavy atom. The molecule has 0 bridgehead atoms. The molecule has 1 saturated heterocycles. The predicted octanol–water partition coefficient (Wildman–Crippen LogP) is 3.02. The lowest BCUT2D eigenvalue weighted by molar-refractivity contribution is -0.135. The van der Waals surface area contributed by atoms with Crippen molar-refractivity contribution in [3.8, 4) is 0 Å². The van der Waals surface area contributed by atoms with E-state index in [0.29, 0.717) is 10.9 Å². The van der Waals surface area contributed by atoms with E-state index in [1.54, 1.807) is 24.3 Å². The van der Waals surface area contributed by atoms with Crippen LogP contribution in [-0.2, 0) is 9.59 Å². The molecule has 3 atom stereocenters. The van der Waals surface area contributed by atoms with Crippen molar-refractivity contribution >= 4 is 29.4 Å². The second kappa shape index (κ2) is 8.08. The highest BCUT2D eigenvalue weighted by Gasteiger charge is 2.34. The Morgan fingerprint density at radius 1 is 1.23 bits per heavy atom. The van der Waals surface area contributed by atoms with Crippen LogP contribution in [0.1, 0.15) is 50.6 Å². The number of benzene rings is 1. The average molecular weight is 378 g/mol. The van der Waals surface area contributed by atoms with E-state index >= 15 is 0 Å². The lowest BCUT2D eigenvalue weighted by atomic mass is 9.86. The first-order valence-electron chi connectivity index (χ1n) is 9.09. The third-order valence-corrected chi connectivity index (χ3v) is 5.51. The molecule has 1 heterocycles. The first-order valence-corrected chi connectivity index (χ1v) is 9.47. The predicted molar refractivity (Wildman–Crippen MR) is 98.6 cm³/mol. The molecule has 140 valence electrons. The second-order valence-corrected chi connectivity index (χ2v) is 7.61. The van der Waals surface area contributed by atoms with Crippen molar-refractivity contribution in [1.29, 1.82) is 0 Å². The molecule has 1 aromatic rings. The topological polar surface area (TPSA) is 78.5 Å². The van der Waals surface area contributed by atoms with Gasteiger partial charge in [-0.15, -0.1) is 0 Å². The van der Waals surface area contributed by atoms with Crippen LogP contribution in [0.25, 0.3) is 0 Å². The maximum atomic E-state index is 12.4. The molecule has 2 aliphatic rings. The normalized spacial score (nSPS) is 26.4. The number of hydrogen-bond acceptors (Lipinski definition) is 3. The van der Waals surface area contributed by atoms with E-state index in [-0.39, 0.29) is 30.8 Å². The van der Waals surface area contributed by atoms with Crippen molar-refractivity contribution in [3.63, 3.8) is 0 Å². The molecule has 7 heteroatoms. The fourth-order valence-corrected chi connectivity index (χ4v) is 3.79. The third-order valence-electron chi connectivity index (χ3n) is 5.25. The van der Waals surface area contributed by atoms with Gasteiger partial charge < -0.3 is 10.6 Å². The Bertz CT molecular complexity index is 674. The molecule has 1 aromatic carbocycles. The van der Waals surface area contributed by atoms with Gasteiger partial charge in [0.2, 0.25) is 11.8 Å². The van der Waals surface area contributed by atoms with Gasteiger partial charge in [-0.25, -0.2) is 4.79 Å². The molecule has 3 rings (SSSR count). The van der Waals surface area contributed by atoms with Gasteiger partial charge in [0, 0.05) is 11.1 Å². The summed E-state index contributed by atoms with van der Waals surface area (Å²) in [4.78, 5) is 38.0. The minimum Gasteiger partial charge on any atom is -0.352 e. The van der Waals surface area contributed by atoms with Gasteiger partial charge in [0.25, 0.3) is 0 Å². The summed E-state index contributed by atoms with van der Waals surface area (Å²) in [7, 11) is 0. The van der Waals surface area contributed by atoms with Crippen molar-refractivity contribution in [2.75, 3.05) is 6.54 Å². The molecular weight excluding hydrogens is 354 g/mol. The van der Waals surface area contributed by atoms with Crippen LogP contribution in [0.4, 0.5) is 4.79 Å². The van der Waals surface area contributed by atoms with E-state index in [1.165, 1.54) is 6.42 Å². The van der Waals surface area contributed by atoms with Gasteiger partial charge in [-0.3, -0.25) is 14.5 Å². The molecule has 0 spiro atoms. The SMILES string of the molecule is C[C@@H]1CCCC[C@H]1NC(=O)CN1C(=O)C[C@H](c2ccc(Cl)cc2)NC1=O. The number of halogens is 1. The Morgan fingerprint density at radius 3 is 2.58 bits per heavy atom. The Labute approximate surface area is 158 Å². The Kier molecular flexibility index (Phi) is 5.81. The molecule has 1 saturated carbocycles. The lowest BCUT2D eigenvalue weighted by Crippen LogP contribution is -2.55. The minimum absolute atomic E-state index is 0.125. The first kappa shape index (κ1) is 18.7. The fraction of sp³-hybridized carbons (Fsp3) is 0.526. The zero-order chi connectivity index (χ0) is 18.7. The molecule has 2 N–H and O–H groups in total. The van der Waals surface area contributed by atoms with Crippen LogP contribution in [0.5, 0.6) is 0 Å². The van der Waals surface area contributed by atoms with Crippen molar-refractivity contribution in [1.82, 2.24) is 15.5 Å². The van der Waals surface area contributed by atoms with Crippen LogP contribution in [0, 0.1) is 5.92 Å². The van der Waals surface area contributed by atoms with E-state index in [4.69, 9.17) is 11.6 Å². The fourth-order valence-electron chi connectivity index (χ4n) is 3.66. The molecule has 1 aliphatic carbocycles. The van der Waals surface area contributed by atoms with Crippen molar-refractivity contribution < 1.29 is 14.4 Å². The standard InChI is InChI=1S/C19H24ClN3O3/c1-12-4-2-3-5-15(12)21-17(24)11-23-18(25)10-16(22-19(23)26)13-6-8-14(20)9-7-13/h6-9,12,15-16H,2-5,10-11H2,1H3,(H,21,24)(H,22,26)/t12-,15-,16-/m1/s1. The number of rotatable bonds is 4. The zero-order valence-electron chi connectivity index (χ0n) is 14.8. The van der Waals surface area contributed by atoms with Gasteiger partial charge in [0.05, 0.1) is 12.5 Å². The number of amides is 4. The summed E-state index contributed by atoms with van der Waals surface area (Å²) in [5.74, 6) is -0.203. The summed E-state index contributed by atoms with van der Waals surface area (Å²) in [5, 5.41) is 6.37. The van der Waals surface area contributed by atoms with Gasteiger partial charge in [-0.1, -0.05) is 43.5 Å². The molecule has 0 aromatic heterocycles. The number of nitrogens with zero attached hydrogens (tertiary/aromatic N) is 1. The monoisotopic (exact) mass is 377 g/mol. The molecule has 0 radical (unpaired) electrons. The zero-order valence-corrected chi connectivity index (χ0v) is 15.6. The molecule has 2 fully saturated rings. The van der Waals surface area contributed by atoms with E-state index in [1.807, 2.05) is 0 Å². The molecule has 4 amide bonds. The maximum Gasteiger partial charge on any atom is 0.325 e. The quantitative estimate of drug-likeness (QED) is 0.846. The highest BCUT2D eigenvalue weighted by molar-refractivity contribution is 6.30. The van der Waals surface area contributed by atoms with Gasteiger partial charge in [-0.05, 0) is 36.5 Å². The van der Waals surface area contributed by atoms with E-state index in [9.17, 15) is 14.4 Å². The van der Waals surface area contributed by atoms with Crippen LogP contribution in [-0.4, -0.2) is 35.3 Å². The van der Waals surface area contributed by atoms with Gasteiger partial charge in [0.15, 0.2) is 0 Å². The largest absolute Gasteiger partial charge is 0.352 e. The number of nitrogens with one attached hydrogen (secondary N) is 2. The maximum absolute atomic E-state index is 12.4. The molecule has 1 aliphatic heterocycles.